The number of carboxylic acids is 1. The summed E-state index contributed by atoms with van der Waals surface area (Å²) in [5, 5.41) is 12.1. The molecule has 0 heterocycles. The number of hydrogen-bond acceptors (Lipinski definition) is 3. The van der Waals surface area contributed by atoms with E-state index in [2.05, 4.69) is 5.32 Å². The molecule has 0 saturated heterocycles. The van der Waals surface area contributed by atoms with Crippen molar-refractivity contribution in [1.29, 1.82) is 0 Å². The number of carbonyl (C=O) groups is 1. The third kappa shape index (κ3) is 2.71. The van der Waals surface area contributed by atoms with Gasteiger partial charge in [-0.15, -0.1) is 0 Å². The van der Waals surface area contributed by atoms with Crippen LogP contribution in [0.3, 0.4) is 0 Å². The monoisotopic (exact) mass is 267 g/mol. The summed E-state index contributed by atoms with van der Waals surface area (Å²) in [6.45, 7) is 1.86. The Bertz CT molecular complexity index is 492. The van der Waals surface area contributed by atoms with Crippen molar-refractivity contribution in [1.82, 2.24) is 5.32 Å². The predicted molar refractivity (Wildman–Crippen MR) is 68.8 cm³/mol. The average Bonchev–Trinajstić information content (AvgIpc) is 2.79. The Morgan fingerprint density at radius 3 is 2.89 bits per heavy atom. The zero-order valence-corrected chi connectivity index (χ0v) is 11.1. The Hall–Kier alpha value is -1.62. The lowest BCUT2D eigenvalue weighted by Gasteiger charge is -2.23. The van der Waals surface area contributed by atoms with Crippen molar-refractivity contribution in [3.63, 3.8) is 0 Å². The first kappa shape index (κ1) is 13.8. The summed E-state index contributed by atoms with van der Waals surface area (Å²) < 4.78 is 19.2. The lowest BCUT2D eigenvalue weighted by Crippen LogP contribution is -2.48. The largest absolute Gasteiger partial charge is 0.487 e. The van der Waals surface area contributed by atoms with Gasteiger partial charge in [0.15, 0.2) is 11.6 Å². The Labute approximate surface area is 111 Å². The number of aryl methyl sites for hydroxylation is 1. The quantitative estimate of drug-likeness (QED) is 0.877. The van der Waals surface area contributed by atoms with Crippen LogP contribution in [0.4, 0.5) is 4.39 Å². The highest BCUT2D eigenvalue weighted by molar-refractivity contribution is 5.79. The molecule has 0 aromatic heterocycles. The molecule has 1 saturated carbocycles. The number of benzene rings is 1. The Morgan fingerprint density at radius 2 is 2.32 bits per heavy atom. The first-order chi connectivity index (χ1) is 8.97. The lowest BCUT2D eigenvalue weighted by atomic mass is 9.98. The van der Waals surface area contributed by atoms with Gasteiger partial charge in [0.1, 0.15) is 11.6 Å². The fourth-order valence-corrected chi connectivity index (χ4v) is 2.51. The molecular weight excluding hydrogens is 249 g/mol. The van der Waals surface area contributed by atoms with Crippen LogP contribution in [0.1, 0.15) is 24.8 Å². The van der Waals surface area contributed by atoms with Crippen molar-refractivity contribution in [2.75, 3.05) is 7.05 Å². The summed E-state index contributed by atoms with van der Waals surface area (Å²) in [5.41, 5.74) is -0.0437. The fraction of sp³-hybridized carbons (Fsp3) is 0.500. The third-order valence-electron chi connectivity index (χ3n) is 3.74. The molecule has 2 N–H and O–H groups in total. The maximum absolute atomic E-state index is 13.6. The molecule has 1 aliphatic rings. The Morgan fingerprint density at radius 1 is 1.58 bits per heavy atom. The van der Waals surface area contributed by atoms with Gasteiger partial charge in [0, 0.05) is 6.42 Å². The van der Waals surface area contributed by atoms with Crippen LogP contribution in [0.25, 0.3) is 0 Å². The fourth-order valence-electron chi connectivity index (χ4n) is 2.51. The summed E-state index contributed by atoms with van der Waals surface area (Å²) in [6.07, 6.45) is 1.14. The number of halogens is 1. The molecule has 0 amide bonds. The SMILES string of the molecule is CNC1(C(=O)O)CCC(Oc2cc(C)ccc2F)C1. The number of nitrogens with one attached hydrogen (secondary N) is 1. The van der Waals surface area contributed by atoms with Gasteiger partial charge in [-0.05, 0) is 44.5 Å². The van der Waals surface area contributed by atoms with Crippen LogP contribution in [-0.2, 0) is 4.79 Å². The number of likely N-dealkylation sites (N-methyl/N-ethyl adjacent to an activating group) is 1. The summed E-state index contributed by atoms with van der Waals surface area (Å²) in [6, 6.07) is 4.67. The lowest BCUT2D eigenvalue weighted by molar-refractivity contribution is -0.144. The predicted octanol–water partition coefficient (Wildman–Crippen LogP) is 2.11. The molecule has 19 heavy (non-hydrogen) atoms. The molecule has 0 spiro atoms. The second kappa shape index (κ2) is 5.17. The molecule has 2 unspecified atom stereocenters. The molecule has 1 fully saturated rings. The van der Waals surface area contributed by atoms with Crippen molar-refractivity contribution in [3.8, 4) is 5.75 Å². The summed E-state index contributed by atoms with van der Waals surface area (Å²) in [5.74, 6) is -1.10. The summed E-state index contributed by atoms with van der Waals surface area (Å²) in [7, 11) is 1.63. The van der Waals surface area contributed by atoms with E-state index in [-0.39, 0.29) is 11.9 Å². The first-order valence-corrected chi connectivity index (χ1v) is 6.32. The maximum Gasteiger partial charge on any atom is 0.324 e. The number of aliphatic carboxylic acids is 1. The molecular formula is C14H18FNO3. The zero-order chi connectivity index (χ0) is 14.0. The smallest absolute Gasteiger partial charge is 0.324 e. The third-order valence-corrected chi connectivity index (χ3v) is 3.74. The molecule has 104 valence electrons. The van der Waals surface area contributed by atoms with E-state index in [0.717, 1.165) is 5.56 Å². The van der Waals surface area contributed by atoms with Gasteiger partial charge in [-0.25, -0.2) is 4.39 Å². The van der Waals surface area contributed by atoms with E-state index in [1.807, 2.05) is 6.92 Å². The molecule has 1 aliphatic carbocycles. The maximum atomic E-state index is 13.6. The second-order valence-corrected chi connectivity index (χ2v) is 5.05. The number of rotatable bonds is 4. The van der Waals surface area contributed by atoms with E-state index in [0.29, 0.717) is 19.3 Å². The van der Waals surface area contributed by atoms with Crippen molar-refractivity contribution < 1.29 is 19.0 Å². The van der Waals surface area contributed by atoms with E-state index in [9.17, 15) is 14.3 Å². The molecule has 2 rings (SSSR count). The van der Waals surface area contributed by atoms with Crippen LogP contribution in [-0.4, -0.2) is 29.8 Å². The Balaban J connectivity index is 2.10. The molecule has 5 heteroatoms. The first-order valence-electron chi connectivity index (χ1n) is 6.32. The normalized spacial score (nSPS) is 26.4. The van der Waals surface area contributed by atoms with Gasteiger partial charge in [0.25, 0.3) is 0 Å². The van der Waals surface area contributed by atoms with Crippen molar-refractivity contribution in [2.24, 2.45) is 0 Å². The second-order valence-electron chi connectivity index (χ2n) is 5.05. The molecule has 0 aliphatic heterocycles. The number of hydrogen-bond donors (Lipinski definition) is 2. The van der Waals surface area contributed by atoms with Gasteiger partial charge >= 0.3 is 5.97 Å². The number of ether oxygens (including phenoxy) is 1. The molecule has 4 nitrogen and oxygen atoms in total. The molecule has 1 aromatic carbocycles. The highest BCUT2D eigenvalue weighted by Crippen LogP contribution is 2.33. The van der Waals surface area contributed by atoms with E-state index in [1.165, 1.54) is 6.07 Å². The van der Waals surface area contributed by atoms with Crippen LogP contribution in [0.5, 0.6) is 5.75 Å². The van der Waals surface area contributed by atoms with E-state index in [1.54, 1.807) is 19.2 Å². The summed E-state index contributed by atoms with van der Waals surface area (Å²) >= 11 is 0. The van der Waals surface area contributed by atoms with Crippen LogP contribution in [0.2, 0.25) is 0 Å². The van der Waals surface area contributed by atoms with Crippen molar-refractivity contribution in [2.45, 2.75) is 37.8 Å². The minimum atomic E-state index is -0.953. The standard InChI is InChI=1S/C14H18FNO3/c1-9-3-4-11(15)12(7-9)19-10-5-6-14(8-10,16-2)13(17)18/h3-4,7,10,16H,5-6,8H2,1-2H3,(H,17,18). The topological polar surface area (TPSA) is 58.6 Å². The van der Waals surface area contributed by atoms with Crippen LogP contribution in [0.15, 0.2) is 18.2 Å². The van der Waals surface area contributed by atoms with E-state index < -0.39 is 17.3 Å². The van der Waals surface area contributed by atoms with Gasteiger partial charge < -0.3 is 15.2 Å². The minimum Gasteiger partial charge on any atom is -0.487 e. The van der Waals surface area contributed by atoms with Crippen molar-refractivity contribution in [3.05, 3.63) is 29.6 Å². The van der Waals surface area contributed by atoms with Crippen LogP contribution < -0.4 is 10.1 Å². The summed E-state index contributed by atoms with van der Waals surface area (Å²) in [4.78, 5) is 11.3. The average molecular weight is 267 g/mol. The molecule has 0 radical (unpaired) electrons. The Kier molecular flexibility index (Phi) is 3.75. The van der Waals surface area contributed by atoms with Crippen LogP contribution >= 0.6 is 0 Å². The number of carboxylic acid groups (broad SMARTS) is 1. The van der Waals surface area contributed by atoms with Crippen molar-refractivity contribution >= 4 is 5.97 Å². The molecule has 0 bridgehead atoms. The van der Waals surface area contributed by atoms with Gasteiger partial charge in [0.2, 0.25) is 0 Å². The van der Waals surface area contributed by atoms with Gasteiger partial charge in [-0.3, -0.25) is 4.79 Å². The minimum absolute atomic E-state index is 0.197. The molecule has 2 atom stereocenters. The van der Waals surface area contributed by atoms with Gasteiger partial charge in [0.05, 0.1) is 0 Å². The van der Waals surface area contributed by atoms with Gasteiger partial charge in [-0.2, -0.15) is 0 Å². The highest BCUT2D eigenvalue weighted by atomic mass is 19.1. The zero-order valence-electron chi connectivity index (χ0n) is 11.1. The van der Waals surface area contributed by atoms with Gasteiger partial charge in [-0.1, -0.05) is 6.07 Å². The highest BCUT2D eigenvalue weighted by Gasteiger charge is 2.45. The van der Waals surface area contributed by atoms with E-state index >= 15 is 0 Å². The van der Waals surface area contributed by atoms with E-state index in [4.69, 9.17) is 4.74 Å². The molecule has 1 aromatic rings. The van der Waals surface area contributed by atoms with Crippen LogP contribution in [0, 0.1) is 12.7 Å².